The maximum atomic E-state index is 13.5. The van der Waals surface area contributed by atoms with Crippen molar-refractivity contribution in [3.05, 3.63) is 56.7 Å². The molecule has 0 radical (unpaired) electrons. The van der Waals surface area contributed by atoms with Gasteiger partial charge in [0.2, 0.25) is 10.1 Å². The first-order chi connectivity index (χ1) is 11.0. The van der Waals surface area contributed by atoms with Gasteiger partial charge < -0.3 is 4.90 Å². The van der Waals surface area contributed by atoms with E-state index in [1.54, 1.807) is 6.07 Å². The molecule has 0 aliphatic carbocycles. The molecule has 120 valence electrons. The standard InChI is InChI=1S/C15H14ClFN4OS/c1-3-10-7-13(22)21-14(18-10)23-15(19-21)20(2)8-9-4-5-11(16)12(17)6-9/h4-7H,3,8H2,1-2H3. The van der Waals surface area contributed by atoms with E-state index in [-0.39, 0.29) is 10.6 Å². The summed E-state index contributed by atoms with van der Waals surface area (Å²) in [7, 11) is 1.83. The molecule has 0 unspecified atom stereocenters. The summed E-state index contributed by atoms with van der Waals surface area (Å²) in [4.78, 5) is 18.8. The molecule has 3 aromatic rings. The summed E-state index contributed by atoms with van der Waals surface area (Å²) in [6, 6.07) is 6.17. The summed E-state index contributed by atoms with van der Waals surface area (Å²) in [6.07, 6.45) is 0.693. The predicted octanol–water partition coefficient (Wildman–Crippen LogP) is 3.14. The smallest absolute Gasteiger partial charge is 0.275 e. The Morgan fingerprint density at radius 1 is 1.39 bits per heavy atom. The van der Waals surface area contributed by atoms with Crippen LogP contribution in [0.15, 0.2) is 29.1 Å². The fourth-order valence-corrected chi connectivity index (χ4v) is 3.16. The lowest BCUT2D eigenvalue weighted by Crippen LogP contribution is -2.19. The molecule has 2 aromatic heterocycles. The first kappa shape index (κ1) is 15.9. The molecule has 0 saturated heterocycles. The van der Waals surface area contributed by atoms with E-state index in [0.29, 0.717) is 23.1 Å². The average molecular weight is 353 g/mol. The summed E-state index contributed by atoms with van der Waals surface area (Å²) in [5.74, 6) is -0.452. The van der Waals surface area contributed by atoms with E-state index in [4.69, 9.17) is 11.6 Å². The van der Waals surface area contributed by atoms with Crippen molar-refractivity contribution in [1.29, 1.82) is 0 Å². The minimum atomic E-state index is -0.452. The monoisotopic (exact) mass is 352 g/mol. The van der Waals surface area contributed by atoms with Crippen LogP contribution in [0.1, 0.15) is 18.2 Å². The van der Waals surface area contributed by atoms with E-state index < -0.39 is 5.82 Å². The largest absolute Gasteiger partial charge is 0.345 e. The summed E-state index contributed by atoms with van der Waals surface area (Å²) < 4.78 is 14.8. The van der Waals surface area contributed by atoms with Crippen LogP contribution >= 0.6 is 22.9 Å². The first-order valence-corrected chi connectivity index (χ1v) is 8.22. The van der Waals surface area contributed by atoms with Crippen LogP contribution in [0.5, 0.6) is 0 Å². The molecule has 0 saturated carbocycles. The Morgan fingerprint density at radius 2 is 2.17 bits per heavy atom. The van der Waals surface area contributed by atoms with Crippen molar-refractivity contribution in [1.82, 2.24) is 14.6 Å². The zero-order chi connectivity index (χ0) is 16.6. The first-order valence-electron chi connectivity index (χ1n) is 7.03. The number of hydrogen-bond acceptors (Lipinski definition) is 5. The van der Waals surface area contributed by atoms with Crippen LogP contribution in [-0.2, 0) is 13.0 Å². The number of aromatic nitrogens is 3. The summed E-state index contributed by atoms with van der Waals surface area (Å²) in [6.45, 7) is 2.39. The number of benzene rings is 1. The molecule has 8 heteroatoms. The number of halogens is 2. The number of anilines is 1. The van der Waals surface area contributed by atoms with E-state index in [0.717, 1.165) is 11.3 Å². The molecule has 0 amide bonds. The lowest BCUT2D eigenvalue weighted by Gasteiger charge is -2.15. The Labute approximate surface area is 141 Å². The van der Waals surface area contributed by atoms with Gasteiger partial charge in [0.05, 0.1) is 5.02 Å². The normalized spacial score (nSPS) is 11.1. The van der Waals surface area contributed by atoms with Crippen molar-refractivity contribution in [2.45, 2.75) is 19.9 Å². The average Bonchev–Trinajstić information content (AvgIpc) is 2.95. The van der Waals surface area contributed by atoms with E-state index in [2.05, 4.69) is 10.1 Å². The highest BCUT2D eigenvalue weighted by Crippen LogP contribution is 2.23. The van der Waals surface area contributed by atoms with Crippen LogP contribution in [0.25, 0.3) is 4.96 Å². The molecular formula is C15H14ClFN4OS. The van der Waals surface area contributed by atoms with Gasteiger partial charge in [0, 0.05) is 25.4 Å². The Bertz CT molecular complexity index is 923. The Balaban J connectivity index is 1.91. The maximum absolute atomic E-state index is 13.5. The van der Waals surface area contributed by atoms with Gasteiger partial charge in [-0.15, -0.1) is 5.10 Å². The zero-order valence-corrected chi connectivity index (χ0v) is 14.2. The highest BCUT2D eigenvalue weighted by molar-refractivity contribution is 7.20. The van der Waals surface area contributed by atoms with Gasteiger partial charge in [0.1, 0.15) is 5.82 Å². The third-order valence-corrected chi connectivity index (χ3v) is 4.71. The van der Waals surface area contributed by atoms with Gasteiger partial charge >= 0.3 is 0 Å². The molecule has 0 aliphatic heterocycles. The third kappa shape index (κ3) is 3.20. The second-order valence-corrected chi connectivity index (χ2v) is 6.46. The number of fused-ring (bicyclic) bond motifs is 1. The molecule has 1 aromatic carbocycles. The summed E-state index contributed by atoms with van der Waals surface area (Å²) in [5.41, 5.74) is 1.32. The van der Waals surface area contributed by atoms with Crippen LogP contribution < -0.4 is 10.5 Å². The number of rotatable bonds is 4. The lowest BCUT2D eigenvalue weighted by atomic mass is 10.2. The Hall–Kier alpha value is -1.99. The fraction of sp³-hybridized carbons (Fsp3) is 0.267. The van der Waals surface area contributed by atoms with E-state index >= 15 is 0 Å². The molecule has 3 rings (SSSR count). The topological polar surface area (TPSA) is 50.5 Å². The molecule has 0 spiro atoms. The van der Waals surface area contributed by atoms with Crippen LogP contribution in [0.2, 0.25) is 5.02 Å². The van der Waals surface area contributed by atoms with Gasteiger partial charge in [-0.05, 0) is 24.1 Å². The minimum absolute atomic E-state index is 0.0965. The molecule has 0 atom stereocenters. The maximum Gasteiger partial charge on any atom is 0.275 e. The highest BCUT2D eigenvalue weighted by Gasteiger charge is 2.13. The highest BCUT2D eigenvalue weighted by atomic mass is 35.5. The van der Waals surface area contributed by atoms with Gasteiger partial charge in [-0.2, -0.15) is 4.52 Å². The molecular weight excluding hydrogens is 339 g/mol. The van der Waals surface area contributed by atoms with Crippen molar-refractivity contribution >= 4 is 33.0 Å². The van der Waals surface area contributed by atoms with Gasteiger partial charge in [-0.3, -0.25) is 4.79 Å². The molecule has 0 fully saturated rings. The zero-order valence-electron chi connectivity index (χ0n) is 12.6. The van der Waals surface area contributed by atoms with Crippen molar-refractivity contribution < 1.29 is 4.39 Å². The summed E-state index contributed by atoms with van der Waals surface area (Å²) in [5, 5.41) is 5.02. The fourth-order valence-electron chi connectivity index (χ4n) is 2.16. The van der Waals surface area contributed by atoms with Crippen LogP contribution in [0.4, 0.5) is 9.52 Å². The number of nitrogens with zero attached hydrogens (tertiary/aromatic N) is 4. The SMILES string of the molecule is CCc1cc(=O)n2nc(N(C)Cc3ccc(Cl)c(F)c3)sc2n1. The second kappa shape index (κ2) is 6.25. The number of hydrogen-bond donors (Lipinski definition) is 0. The quantitative estimate of drug-likeness (QED) is 0.723. The van der Waals surface area contributed by atoms with Crippen molar-refractivity contribution in [2.24, 2.45) is 0 Å². The lowest BCUT2D eigenvalue weighted by molar-refractivity contribution is 0.625. The van der Waals surface area contributed by atoms with Gasteiger partial charge in [-0.25, -0.2) is 9.37 Å². The molecule has 5 nitrogen and oxygen atoms in total. The number of aryl methyl sites for hydroxylation is 1. The van der Waals surface area contributed by atoms with Crippen LogP contribution in [0, 0.1) is 5.82 Å². The van der Waals surface area contributed by atoms with Crippen molar-refractivity contribution in [2.75, 3.05) is 11.9 Å². The van der Waals surface area contributed by atoms with E-state index in [9.17, 15) is 9.18 Å². The Morgan fingerprint density at radius 3 is 2.87 bits per heavy atom. The molecule has 0 N–H and O–H groups in total. The van der Waals surface area contributed by atoms with Gasteiger partial charge in [-0.1, -0.05) is 35.9 Å². The minimum Gasteiger partial charge on any atom is -0.345 e. The van der Waals surface area contributed by atoms with Crippen molar-refractivity contribution in [3.8, 4) is 0 Å². The molecule has 0 bridgehead atoms. The van der Waals surface area contributed by atoms with Gasteiger partial charge in [0.25, 0.3) is 5.56 Å². The van der Waals surface area contributed by atoms with Crippen molar-refractivity contribution in [3.63, 3.8) is 0 Å². The Kier molecular flexibility index (Phi) is 4.32. The van der Waals surface area contributed by atoms with E-state index in [1.807, 2.05) is 18.9 Å². The third-order valence-electron chi connectivity index (χ3n) is 3.38. The van der Waals surface area contributed by atoms with E-state index in [1.165, 1.54) is 34.1 Å². The summed E-state index contributed by atoms with van der Waals surface area (Å²) >= 11 is 7.01. The molecule has 2 heterocycles. The van der Waals surface area contributed by atoms with Gasteiger partial charge in [0.15, 0.2) is 0 Å². The second-order valence-electron chi connectivity index (χ2n) is 5.12. The molecule has 23 heavy (non-hydrogen) atoms. The van der Waals surface area contributed by atoms with Crippen LogP contribution in [-0.4, -0.2) is 21.6 Å². The van der Waals surface area contributed by atoms with Crippen LogP contribution in [0.3, 0.4) is 0 Å². The predicted molar refractivity (Wildman–Crippen MR) is 90.0 cm³/mol. The molecule has 0 aliphatic rings.